The standard InChI is InChI=1S/C15H16N2O2/c18-9-8-17-13-6-7-14(19)15(13)12(16-17)10-11-4-2-1-3-5-11/h1-5,18H,6-10H2. The first-order valence-corrected chi connectivity index (χ1v) is 6.56. The van der Waals surface area contributed by atoms with Crippen LogP contribution in [0.25, 0.3) is 0 Å². The van der Waals surface area contributed by atoms with Crippen LogP contribution in [0.3, 0.4) is 0 Å². The van der Waals surface area contributed by atoms with Gasteiger partial charge in [0.2, 0.25) is 0 Å². The fourth-order valence-electron chi connectivity index (χ4n) is 2.68. The van der Waals surface area contributed by atoms with E-state index < -0.39 is 0 Å². The number of hydrogen-bond donors (Lipinski definition) is 1. The molecule has 4 nitrogen and oxygen atoms in total. The Hall–Kier alpha value is -1.94. The zero-order valence-corrected chi connectivity index (χ0v) is 10.7. The van der Waals surface area contributed by atoms with Crippen molar-refractivity contribution in [3.05, 3.63) is 52.8 Å². The highest BCUT2D eigenvalue weighted by atomic mass is 16.3. The zero-order valence-electron chi connectivity index (χ0n) is 10.7. The monoisotopic (exact) mass is 256 g/mol. The lowest BCUT2D eigenvalue weighted by Crippen LogP contribution is -2.07. The molecule has 1 N–H and O–H groups in total. The molecular formula is C15H16N2O2. The van der Waals surface area contributed by atoms with Gasteiger partial charge in [0.05, 0.1) is 30.1 Å². The summed E-state index contributed by atoms with van der Waals surface area (Å²) >= 11 is 0. The Bertz CT molecular complexity index is 602. The topological polar surface area (TPSA) is 55.1 Å². The van der Waals surface area contributed by atoms with Crippen molar-refractivity contribution >= 4 is 5.78 Å². The molecule has 1 aromatic carbocycles. The molecule has 1 aromatic heterocycles. The first kappa shape index (κ1) is 12.1. The number of aromatic nitrogens is 2. The molecule has 98 valence electrons. The Morgan fingerprint density at radius 1 is 1.21 bits per heavy atom. The van der Waals surface area contributed by atoms with Crippen molar-refractivity contribution in [2.45, 2.75) is 25.8 Å². The minimum atomic E-state index is 0.0487. The molecule has 0 spiro atoms. The van der Waals surface area contributed by atoms with Gasteiger partial charge in [-0.05, 0) is 12.0 Å². The van der Waals surface area contributed by atoms with Crippen LogP contribution in [0.1, 0.15) is 33.7 Å². The Morgan fingerprint density at radius 3 is 2.74 bits per heavy atom. The Morgan fingerprint density at radius 2 is 2.00 bits per heavy atom. The van der Waals surface area contributed by atoms with Gasteiger partial charge in [0.25, 0.3) is 0 Å². The Balaban J connectivity index is 1.97. The van der Waals surface area contributed by atoms with E-state index in [-0.39, 0.29) is 12.4 Å². The summed E-state index contributed by atoms with van der Waals surface area (Å²) in [6, 6.07) is 10.0. The van der Waals surface area contributed by atoms with Gasteiger partial charge in [-0.1, -0.05) is 30.3 Å². The summed E-state index contributed by atoms with van der Waals surface area (Å²) in [5, 5.41) is 13.6. The Labute approximate surface area is 111 Å². The third kappa shape index (κ3) is 2.19. The molecule has 4 heteroatoms. The van der Waals surface area contributed by atoms with Gasteiger partial charge in [0.1, 0.15) is 0 Å². The molecule has 0 saturated carbocycles. The smallest absolute Gasteiger partial charge is 0.167 e. The van der Waals surface area contributed by atoms with Crippen LogP contribution < -0.4 is 0 Å². The molecule has 1 aliphatic carbocycles. The lowest BCUT2D eigenvalue weighted by Gasteiger charge is -2.01. The summed E-state index contributed by atoms with van der Waals surface area (Å²) in [4.78, 5) is 12.0. The third-order valence-electron chi connectivity index (χ3n) is 3.52. The van der Waals surface area contributed by atoms with Gasteiger partial charge in [0.15, 0.2) is 5.78 Å². The van der Waals surface area contributed by atoms with Crippen LogP contribution in [0.5, 0.6) is 0 Å². The van der Waals surface area contributed by atoms with E-state index in [4.69, 9.17) is 5.11 Å². The van der Waals surface area contributed by atoms with E-state index in [1.807, 2.05) is 30.3 Å². The summed E-state index contributed by atoms with van der Waals surface area (Å²) < 4.78 is 1.79. The van der Waals surface area contributed by atoms with E-state index in [0.29, 0.717) is 19.4 Å². The van der Waals surface area contributed by atoms with Crippen LogP contribution in [0, 0.1) is 0 Å². The predicted octanol–water partition coefficient (Wildman–Crippen LogP) is 1.60. The van der Waals surface area contributed by atoms with Gasteiger partial charge in [-0.2, -0.15) is 5.10 Å². The second-order valence-corrected chi connectivity index (χ2v) is 4.80. The highest BCUT2D eigenvalue weighted by Gasteiger charge is 2.28. The average molecular weight is 256 g/mol. The maximum atomic E-state index is 12.0. The minimum absolute atomic E-state index is 0.0487. The molecule has 1 heterocycles. The third-order valence-corrected chi connectivity index (χ3v) is 3.52. The molecule has 0 bridgehead atoms. The number of Topliss-reactive ketones (excluding diaryl/α,β-unsaturated/α-hetero) is 1. The van der Waals surface area contributed by atoms with Gasteiger partial charge in [0, 0.05) is 12.8 Å². The molecule has 0 unspecified atom stereocenters. The summed E-state index contributed by atoms with van der Waals surface area (Å²) in [6.07, 6.45) is 1.99. The number of aliphatic hydroxyl groups is 1. The second kappa shape index (κ2) is 4.97. The van der Waals surface area contributed by atoms with Crippen LogP contribution >= 0.6 is 0 Å². The molecule has 0 atom stereocenters. The summed E-state index contributed by atoms with van der Waals surface area (Å²) in [5.41, 5.74) is 3.78. The van der Waals surface area contributed by atoms with Crippen LogP contribution in [0.15, 0.2) is 30.3 Å². The first-order valence-electron chi connectivity index (χ1n) is 6.56. The average Bonchev–Trinajstić information content (AvgIpc) is 2.95. The maximum absolute atomic E-state index is 12.0. The van der Waals surface area contributed by atoms with E-state index in [9.17, 15) is 4.79 Å². The van der Waals surface area contributed by atoms with E-state index in [1.54, 1.807) is 4.68 Å². The van der Waals surface area contributed by atoms with Crippen LogP contribution in [-0.4, -0.2) is 27.3 Å². The molecule has 0 aliphatic heterocycles. The summed E-state index contributed by atoms with van der Waals surface area (Å²) in [5.74, 6) is 0.185. The SMILES string of the molecule is O=C1CCc2c1c(Cc1ccccc1)nn2CCO. The molecular weight excluding hydrogens is 240 g/mol. The molecule has 3 rings (SSSR count). The molecule has 1 aliphatic rings. The Kier molecular flexibility index (Phi) is 3.17. The molecule has 0 saturated heterocycles. The van der Waals surface area contributed by atoms with Crippen LogP contribution in [-0.2, 0) is 19.4 Å². The zero-order chi connectivity index (χ0) is 13.2. The highest BCUT2D eigenvalue weighted by molar-refractivity contribution is 6.01. The maximum Gasteiger partial charge on any atom is 0.167 e. The number of benzene rings is 1. The minimum Gasteiger partial charge on any atom is -0.394 e. The molecule has 0 fully saturated rings. The fraction of sp³-hybridized carbons (Fsp3) is 0.333. The number of hydrogen-bond acceptors (Lipinski definition) is 3. The van der Waals surface area contributed by atoms with Crippen molar-refractivity contribution in [2.24, 2.45) is 0 Å². The lowest BCUT2D eigenvalue weighted by atomic mass is 10.1. The number of rotatable bonds is 4. The van der Waals surface area contributed by atoms with Crippen molar-refractivity contribution in [3.8, 4) is 0 Å². The number of aliphatic hydroxyl groups excluding tert-OH is 1. The quantitative estimate of drug-likeness (QED) is 0.904. The fourth-order valence-corrected chi connectivity index (χ4v) is 2.68. The second-order valence-electron chi connectivity index (χ2n) is 4.80. The summed E-state index contributed by atoms with van der Waals surface area (Å²) in [6.45, 7) is 0.511. The van der Waals surface area contributed by atoms with E-state index in [0.717, 1.165) is 28.9 Å². The van der Waals surface area contributed by atoms with Crippen molar-refractivity contribution in [3.63, 3.8) is 0 Å². The predicted molar refractivity (Wildman–Crippen MR) is 71.2 cm³/mol. The van der Waals surface area contributed by atoms with Crippen molar-refractivity contribution in [1.82, 2.24) is 9.78 Å². The summed E-state index contributed by atoms with van der Waals surface area (Å²) in [7, 11) is 0. The van der Waals surface area contributed by atoms with Crippen molar-refractivity contribution in [1.29, 1.82) is 0 Å². The molecule has 19 heavy (non-hydrogen) atoms. The van der Waals surface area contributed by atoms with Gasteiger partial charge in [-0.15, -0.1) is 0 Å². The van der Waals surface area contributed by atoms with Gasteiger partial charge in [-0.25, -0.2) is 0 Å². The van der Waals surface area contributed by atoms with Gasteiger partial charge in [-0.3, -0.25) is 9.48 Å². The van der Waals surface area contributed by atoms with Crippen molar-refractivity contribution in [2.75, 3.05) is 6.61 Å². The van der Waals surface area contributed by atoms with Gasteiger partial charge >= 0.3 is 0 Å². The van der Waals surface area contributed by atoms with Crippen molar-refractivity contribution < 1.29 is 9.90 Å². The van der Waals surface area contributed by atoms with E-state index in [2.05, 4.69) is 5.10 Å². The number of ketones is 1. The number of carbonyl (C=O) groups excluding carboxylic acids is 1. The van der Waals surface area contributed by atoms with Crippen LogP contribution in [0.4, 0.5) is 0 Å². The molecule has 0 radical (unpaired) electrons. The van der Waals surface area contributed by atoms with E-state index in [1.165, 1.54) is 0 Å². The highest BCUT2D eigenvalue weighted by Crippen LogP contribution is 2.26. The largest absolute Gasteiger partial charge is 0.394 e. The van der Waals surface area contributed by atoms with E-state index >= 15 is 0 Å². The number of fused-ring (bicyclic) bond motifs is 1. The number of carbonyl (C=O) groups is 1. The first-order chi connectivity index (χ1) is 9.29. The van der Waals surface area contributed by atoms with Crippen LogP contribution in [0.2, 0.25) is 0 Å². The normalized spacial score (nSPS) is 13.8. The number of nitrogens with zero attached hydrogens (tertiary/aromatic N) is 2. The molecule has 2 aromatic rings. The lowest BCUT2D eigenvalue weighted by molar-refractivity contribution is 0.0993. The van der Waals surface area contributed by atoms with Gasteiger partial charge < -0.3 is 5.11 Å². The molecule has 0 amide bonds.